The maximum Gasteiger partial charge on any atom is 0.310 e. The van der Waals surface area contributed by atoms with E-state index in [2.05, 4.69) is 0 Å². The molecular formula is C18H24O5. The Bertz CT molecular complexity index is 580. The first-order valence-corrected chi connectivity index (χ1v) is 8.10. The predicted octanol–water partition coefficient (Wildman–Crippen LogP) is 3.48. The lowest BCUT2D eigenvalue weighted by atomic mass is 9.56. The second-order valence-electron chi connectivity index (χ2n) is 6.51. The van der Waals surface area contributed by atoms with E-state index < -0.39 is 23.3 Å². The quantitative estimate of drug-likeness (QED) is 0.772. The average Bonchev–Trinajstić information content (AvgIpc) is 2.53. The van der Waals surface area contributed by atoms with Crippen LogP contribution in [0.4, 0.5) is 0 Å². The van der Waals surface area contributed by atoms with Gasteiger partial charge in [0.15, 0.2) is 0 Å². The number of rotatable bonds is 5. The van der Waals surface area contributed by atoms with Crippen LogP contribution in [0.5, 0.6) is 5.75 Å². The first-order valence-electron chi connectivity index (χ1n) is 8.10. The third-order valence-corrected chi connectivity index (χ3v) is 5.55. The number of carboxylic acids is 2. The molecule has 4 atom stereocenters. The molecule has 1 fully saturated rings. The molecule has 1 aliphatic rings. The number of phenols is 1. The molecule has 5 nitrogen and oxygen atoms in total. The van der Waals surface area contributed by atoms with E-state index in [9.17, 15) is 24.9 Å². The largest absolute Gasteiger partial charge is 0.508 e. The van der Waals surface area contributed by atoms with Gasteiger partial charge in [0.1, 0.15) is 5.75 Å². The first kappa shape index (κ1) is 17.3. The number of carboxylic acid groups (broad SMARTS) is 2. The van der Waals surface area contributed by atoms with Crippen LogP contribution in [0.2, 0.25) is 0 Å². The second-order valence-corrected chi connectivity index (χ2v) is 6.51. The Balaban J connectivity index is 2.50. The number of aromatic hydroxyl groups is 1. The Hall–Kier alpha value is -2.04. The van der Waals surface area contributed by atoms with Crippen LogP contribution in [-0.2, 0) is 9.59 Å². The lowest BCUT2D eigenvalue weighted by Crippen LogP contribution is -2.46. The minimum atomic E-state index is -0.955. The predicted molar refractivity (Wildman–Crippen MR) is 85.3 cm³/mol. The molecule has 0 bridgehead atoms. The third kappa shape index (κ3) is 3.05. The highest BCUT2D eigenvalue weighted by molar-refractivity contribution is 5.78. The maximum atomic E-state index is 12.1. The summed E-state index contributed by atoms with van der Waals surface area (Å²) in [6.07, 6.45) is 1.81. The molecule has 0 heterocycles. The summed E-state index contributed by atoms with van der Waals surface area (Å²) >= 11 is 0. The van der Waals surface area contributed by atoms with Gasteiger partial charge in [-0.05, 0) is 42.9 Å². The Morgan fingerprint density at radius 2 is 1.78 bits per heavy atom. The SMILES string of the molecule is CCC1CC(CC)(C(=O)O)C(c2ccc(O)cc2)CC1C(=O)O. The van der Waals surface area contributed by atoms with E-state index in [1.54, 1.807) is 12.1 Å². The number of hydrogen-bond acceptors (Lipinski definition) is 3. The molecular weight excluding hydrogens is 296 g/mol. The zero-order chi connectivity index (χ0) is 17.2. The standard InChI is InChI=1S/C18H24O5/c1-3-11-10-18(4-2,17(22)23)15(9-14(11)16(20)21)12-5-7-13(19)8-6-12/h5-8,11,14-15,19H,3-4,9-10H2,1-2H3,(H,20,21)(H,22,23). The summed E-state index contributed by atoms with van der Waals surface area (Å²) in [4.78, 5) is 23.7. The molecule has 1 aliphatic carbocycles. The van der Waals surface area contributed by atoms with Gasteiger partial charge in [0.05, 0.1) is 11.3 Å². The van der Waals surface area contributed by atoms with Gasteiger partial charge in [-0.25, -0.2) is 0 Å². The van der Waals surface area contributed by atoms with Crippen molar-refractivity contribution in [2.24, 2.45) is 17.3 Å². The monoisotopic (exact) mass is 320 g/mol. The van der Waals surface area contributed by atoms with Gasteiger partial charge in [-0.1, -0.05) is 32.4 Å². The summed E-state index contributed by atoms with van der Waals surface area (Å²) in [6, 6.07) is 6.47. The summed E-state index contributed by atoms with van der Waals surface area (Å²) in [5.41, 5.74) is -0.170. The Labute approximate surface area is 136 Å². The van der Waals surface area contributed by atoms with E-state index in [0.29, 0.717) is 25.7 Å². The Kier molecular flexibility index (Phi) is 4.97. The minimum absolute atomic E-state index is 0.114. The lowest BCUT2D eigenvalue weighted by molar-refractivity contribution is -0.161. The van der Waals surface area contributed by atoms with Crippen molar-refractivity contribution in [1.82, 2.24) is 0 Å². The van der Waals surface area contributed by atoms with Crippen molar-refractivity contribution in [3.63, 3.8) is 0 Å². The number of benzene rings is 1. The van der Waals surface area contributed by atoms with E-state index in [0.717, 1.165) is 5.56 Å². The van der Waals surface area contributed by atoms with Gasteiger partial charge in [-0.2, -0.15) is 0 Å². The zero-order valence-corrected chi connectivity index (χ0v) is 13.5. The number of aliphatic carboxylic acids is 2. The molecule has 2 rings (SSSR count). The zero-order valence-electron chi connectivity index (χ0n) is 13.5. The van der Waals surface area contributed by atoms with Gasteiger partial charge in [-0.3, -0.25) is 9.59 Å². The molecule has 0 spiro atoms. The highest BCUT2D eigenvalue weighted by Crippen LogP contribution is 2.54. The fourth-order valence-corrected chi connectivity index (χ4v) is 4.10. The highest BCUT2D eigenvalue weighted by Gasteiger charge is 2.53. The van der Waals surface area contributed by atoms with Crippen LogP contribution in [0.15, 0.2) is 24.3 Å². The first-order chi connectivity index (χ1) is 10.9. The third-order valence-electron chi connectivity index (χ3n) is 5.55. The van der Waals surface area contributed by atoms with Crippen molar-refractivity contribution in [1.29, 1.82) is 0 Å². The van der Waals surface area contributed by atoms with Crippen molar-refractivity contribution in [3.05, 3.63) is 29.8 Å². The van der Waals surface area contributed by atoms with E-state index in [4.69, 9.17) is 0 Å². The van der Waals surface area contributed by atoms with Gasteiger partial charge in [0.2, 0.25) is 0 Å². The van der Waals surface area contributed by atoms with E-state index in [1.165, 1.54) is 12.1 Å². The molecule has 0 radical (unpaired) electrons. The molecule has 1 saturated carbocycles. The molecule has 5 heteroatoms. The normalized spacial score (nSPS) is 30.8. The summed E-state index contributed by atoms with van der Waals surface area (Å²) in [7, 11) is 0. The van der Waals surface area contributed by atoms with Crippen molar-refractivity contribution in [2.75, 3.05) is 0 Å². The fourth-order valence-electron chi connectivity index (χ4n) is 4.10. The van der Waals surface area contributed by atoms with Crippen LogP contribution in [0.25, 0.3) is 0 Å². The van der Waals surface area contributed by atoms with E-state index in [-0.39, 0.29) is 17.6 Å². The summed E-state index contributed by atoms with van der Waals surface area (Å²) in [5.74, 6) is -2.62. The molecule has 0 aromatic heterocycles. The van der Waals surface area contributed by atoms with Crippen LogP contribution >= 0.6 is 0 Å². The molecule has 126 valence electrons. The molecule has 4 unspecified atom stereocenters. The van der Waals surface area contributed by atoms with Crippen molar-refractivity contribution < 1.29 is 24.9 Å². The Morgan fingerprint density at radius 1 is 1.17 bits per heavy atom. The lowest BCUT2D eigenvalue weighted by Gasteiger charge is -2.46. The van der Waals surface area contributed by atoms with Crippen molar-refractivity contribution >= 4 is 11.9 Å². The van der Waals surface area contributed by atoms with Crippen LogP contribution in [0.1, 0.15) is 51.0 Å². The second kappa shape index (κ2) is 6.60. The smallest absolute Gasteiger partial charge is 0.310 e. The summed E-state index contributed by atoms with van der Waals surface area (Å²) < 4.78 is 0. The molecule has 1 aromatic rings. The molecule has 0 amide bonds. The topological polar surface area (TPSA) is 94.8 Å². The van der Waals surface area contributed by atoms with Crippen molar-refractivity contribution in [2.45, 2.75) is 45.4 Å². The number of carbonyl (C=O) groups is 2. The van der Waals surface area contributed by atoms with E-state index >= 15 is 0 Å². The summed E-state index contributed by atoms with van der Waals surface area (Å²) in [5, 5.41) is 28.9. The van der Waals surface area contributed by atoms with Crippen LogP contribution < -0.4 is 0 Å². The molecule has 0 saturated heterocycles. The maximum absolute atomic E-state index is 12.1. The van der Waals surface area contributed by atoms with Crippen LogP contribution in [-0.4, -0.2) is 27.3 Å². The summed E-state index contributed by atoms with van der Waals surface area (Å²) in [6.45, 7) is 3.78. The molecule has 3 N–H and O–H groups in total. The minimum Gasteiger partial charge on any atom is -0.508 e. The van der Waals surface area contributed by atoms with Gasteiger partial charge >= 0.3 is 11.9 Å². The number of phenolic OH excluding ortho intramolecular Hbond substituents is 1. The average molecular weight is 320 g/mol. The molecule has 23 heavy (non-hydrogen) atoms. The van der Waals surface area contributed by atoms with E-state index in [1.807, 2.05) is 13.8 Å². The highest BCUT2D eigenvalue weighted by atomic mass is 16.4. The van der Waals surface area contributed by atoms with Crippen molar-refractivity contribution in [3.8, 4) is 5.75 Å². The van der Waals surface area contributed by atoms with Gasteiger partial charge in [0.25, 0.3) is 0 Å². The molecule has 0 aliphatic heterocycles. The van der Waals surface area contributed by atoms with Gasteiger partial charge in [0, 0.05) is 5.92 Å². The molecule has 1 aromatic carbocycles. The van der Waals surface area contributed by atoms with Gasteiger partial charge < -0.3 is 15.3 Å². The Morgan fingerprint density at radius 3 is 2.22 bits per heavy atom. The van der Waals surface area contributed by atoms with Gasteiger partial charge in [-0.15, -0.1) is 0 Å². The van der Waals surface area contributed by atoms with Crippen LogP contribution in [0.3, 0.4) is 0 Å². The fraction of sp³-hybridized carbons (Fsp3) is 0.556. The van der Waals surface area contributed by atoms with Crippen LogP contribution in [0, 0.1) is 17.3 Å². The number of hydrogen-bond donors (Lipinski definition) is 3.